The van der Waals surface area contributed by atoms with Gasteiger partial charge in [0.15, 0.2) is 6.10 Å². The Morgan fingerprint density at radius 1 is 0.293 bits per heavy atom. The molecule has 0 saturated carbocycles. The molecule has 570 valence electrons. The van der Waals surface area contributed by atoms with Gasteiger partial charge in [0.1, 0.15) is 25.4 Å². The maximum absolute atomic E-state index is 12.9. The molecule has 0 spiro atoms. The zero-order chi connectivity index (χ0) is 72.3. The molecule has 0 radical (unpaired) electrons. The van der Waals surface area contributed by atoms with Crippen LogP contribution in [0.5, 0.6) is 0 Å². The van der Waals surface area contributed by atoms with Gasteiger partial charge >= 0.3 is 33.6 Å². The number of ether oxygens (including phenoxy) is 3. The van der Waals surface area contributed by atoms with Crippen molar-refractivity contribution >= 4 is 33.6 Å². The normalized spacial score (nSPS) is 14.7. The predicted molar refractivity (Wildman–Crippen MR) is 408 cm³/mol. The molecule has 0 heterocycles. The Bertz CT molecular complexity index is 2290. The number of phosphoric acid groups is 2. The second kappa shape index (κ2) is 73.7. The first-order chi connectivity index (χ1) is 48.2. The van der Waals surface area contributed by atoms with Crippen molar-refractivity contribution in [2.75, 3.05) is 39.6 Å². The van der Waals surface area contributed by atoms with Gasteiger partial charge in [-0.15, -0.1) is 0 Å². The minimum atomic E-state index is -4.93. The SMILES string of the molecule is CC/C=C\C/C=C\C/C=C\C/C=C\C/C=C\C/C=C\CCCCCCCCCCCCCCCCCCC(=O)OCC(O)COP(=O)(O)OCC(O)COP(=O)(O)OCC(COC(=O)CCCCCCC/C=C\C/C=C\C/C=C\CC)OC(=O)CCCCCCC/C=C\CCCCCC. The standard InChI is InChI=1S/C81H140O16P2/c1-4-7-10-13-16-19-22-25-27-28-29-30-31-32-33-34-35-36-37-38-39-40-41-42-43-44-45-46-48-51-52-55-58-61-64-67-79(84)91-70-76(82)71-93-98(87,88)94-72-77(83)73-95-99(89,90)96-75-78(97-81(86)69-66-63-60-57-54-49-24-21-18-15-12-9-6-3)74-92-80(85)68-65-62-59-56-53-50-47-26-23-20-17-14-11-8-5-2/h7-8,10-11,16-17,19-21,24-27,29-30,32-33,35-36,47,76-78,82-83H,4-6,9,12-15,18,22-23,28,31,34,37-46,48-75H2,1-3H3,(H,87,88)(H,89,90)/b10-7-,11-8-,19-16-,20-17-,24-21-,27-25-,30-29-,33-32-,36-35-,47-26-. The highest BCUT2D eigenvalue weighted by Gasteiger charge is 2.29. The fourth-order valence-electron chi connectivity index (χ4n) is 10.3. The number of hydrogen-bond acceptors (Lipinski definition) is 14. The Labute approximate surface area is 602 Å². The fourth-order valence-corrected chi connectivity index (χ4v) is 11.9. The molecular formula is C81H140O16P2. The minimum absolute atomic E-state index is 0.0904. The van der Waals surface area contributed by atoms with Gasteiger partial charge in [0, 0.05) is 19.3 Å². The van der Waals surface area contributed by atoms with E-state index in [4.69, 9.17) is 32.3 Å². The molecule has 0 aromatic rings. The van der Waals surface area contributed by atoms with Gasteiger partial charge in [0.2, 0.25) is 0 Å². The summed E-state index contributed by atoms with van der Waals surface area (Å²) in [7, 11) is -9.78. The average Bonchev–Trinajstić information content (AvgIpc) is 1.09. The van der Waals surface area contributed by atoms with Crippen molar-refractivity contribution < 1.29 is 75.8 Å². The van der Waals surface area contributed by atoms with Gasteiger partial charge in [0.05, 0.1) is 26.4 Å². The lowest BCUT2D eigenvalue weighted by Gasteiger charge is -2.21. The third-order valence-corrected chi connectivity index (χ3v) is 18.1. The van der Waals surface area contributed by atoms with Crippen LogP contribution < -0.4 is 0 Å². The summed E-state index contributed by atoms with van der Waals surface area (Å²) >= 11 is 0. The largest absolute Gasteiger partial charge is 0.472 e. The zero-order valence-electron chi connectivity index (χ0n) is 62.1. The molecule has 0 fully saturated rings. The maximum atomic E-state index is 12.9. The number of rotatable bonds is 73. The second-order valence-electron chi connectivity index (χ2n) is 25.7. The number of carbonyl (C=O) groups excluding carboxylic acids is 3. The summed E-state index contributed by atoms with van der Waals surface area (Å²) in [5, 5.41) is 20.6. The van der Waals surface area contributed by atoms with Crippen molar-refractivity contribution in [1.82, 2.24) is 0 Å². The summed E-state index contributed by atoms with van der Waals surface area (Å²) in [6.07, 6.45) is 87.1. The van der Waals surface area contributed by atoms with E-state index in [1.54, 1.807) is 0 Å². The molecule has 0 rings (SSSR count). The molecule has 16 nitrogen and oxygen atoms in total. The second-order valence-corrected chi connectivity index (χ2v) is 28.7. The third kappa shape index (κ3) is 74.9. The van der Waals surface area contributed by atoms with Crippen LogP contribution in [0.2, 0.25) is 0 Å². The summed E-state index contributed by atoms with van der Waals surface area (Å²) in [5.74, 6) is -1.60. The van der Waals surface area contributed by atoms with E-state index in [0.717, 1.165) is 148 Å². The van der Waals surface area contributed by atoms with Crippen molar-refractivity contribution in [1.29, 1.82) is 0 Å². The number of carbonyl (C=O) groups is 3. The molecular weight excluding hydrogens is 1290 g/mol. The fraction of sp³-hybridized carbons (Fsp3) is 0.716. The van der Waals surface area contributed by atoms with Crippen molar-refractivity contribution in [2.45, 2.75) is 334 Å². The van der Waals surface area contributed by atoms with Crippen molar-refractivity contribution in [3.63, 3.8) is 0 Å². The van der Waals surface area contributed by atoms with Gasteiger partial charge in [-0.1, -0.05) is 290 Å². The van der Waals surface area contributed by atoms with Crippen LogP contribution in [0.4, 0.5) is 0 Å². The zero-order valence-corrected chi connectivity index (χ0v) is 63.9. The van der Waals surface area contributed by atoms with Crippen LogP contribution in [-0.4, -0.2) is 95.9 Å². The highest BCUT2D eigenvalue weighted by atomic mass is 31.2. The number of hydrogen-bond donors (Lipinski definition) is 4. The lowest BCUT2D eigenvalue weighted by molar-refractivity contribution is -0.161. The van der Waals surface area contributed by atoms with Gasteiger partial charge in [-0.05, 0) is 128 Å². The summed E-state index contributed by atoms with van der Waals surface area (Å²) in [5.41, 5.74) is 0. The monoisotopic (exact) mass is 1430 g/mol. The van der Waals surface area contributed by atoms with E-state index >= 15 is 0 Å². The van der Waals surface area contributed by atoms with Crippen LogP contribution in [0.15, 0.2) is 122 Å². The van der Waals surface area contributed by atoms with Crippen LogP contribution in [0.1, 0.15) is 316 Å². The maximum Gasteiger partial charge on any atom is 0.472 e. The molecule has 0 saturated heterocycles. The molecule has 0 bridgehead atoms. The average molecular weight is 1430 g/mol. The number of unbranched alkanes of at least 4 members (excludes halogenated alkanes) is 30. The predicted octanol–water partition coefficient (Wildman–Crippen LogP) is 22.5. The van der Waals surface area contributed by atoms with Crippen molar-refractivity contribution in [3.8, 4) is 0 Å². The summed E-state index contributed by atoms with van der Waals surface area (Å²) in [4.78, 5) is 58.4. The number of aliphatic hydroxyl groups excluding tert-OH is 2. The van der Waals surface area contributed by atoms with E-state index in [-0.39, 0.29) is 19.3 Å². The van der Waals surface area contributed by atoms with E-state index in [1.807, 2.05) is 0 Å². The molecule has 0 amide bonds. The van der Waals surface area contributed by atoms with Crippen molar-refractivity contribution in [3.05, 3.63) is 122 Å². The molecule has 4 N–H and O–H groups in total. The smallest absolute Gasteiger partial charge is 0.463 e. The third-order valence-electron chi connectivity index (χ3n) is 16.2. The topological polar surface area (TPSA) is 231 Å². The number of phosphoric ester groups is 2. The quantitative estimate of drug-likeness (QED) is 0.0146. The summed E-state index contributed by atoms with van der Waals surface area (Å²) in [6, 6.07) is 0. The molecule has 0 aromatic carbocycles. The van der Waals surface area contributed by atoms with Gasteiger partial charge in [-0.3, -0.25) is 32.5 Å². The molecule has 0 aliphatic heterocycles. The Kier molecular flexibility index (Phi) is 70.7. The summed E-state index contributed by atoms with van der Waals surface area (Å²) < 4.78 is 61.0. The van der Waals surface area contributed by atoms with E-state index in [1.165, 1.54) is 109 Å². The Morgan fingerprint density at radius 2 is 0.535 bits per heavy atom. The molecule has 18 heteroatoms. The first-order valence-corrected chi connectivity index (χ1v) is 41.8. The highest BCUT2D eigenvalue weighted by molar-refractivity contribution is 7.47. The molecule has 5 atom stereocenters. The van der Waals surface area contributed by atoms with E-state index in [9.17, 15) is 43.5 Å². The van der Waals surface area contributed by atoms with Gasteiger partial charge in [-0.25, -0.2) is 9.13 Å². The van der Waals surface area contributed by atoms with Gasteiger partial charge in [0.25, 0.3) is 0 Å². The van der Waals surface area contributed by atoms with Crippen LogP contribution in [0.25, 0.3) is 0 Å². The number of aliphatic hydroxyl groups is 2. The molecule has 0 aromatic heterocycles. The lowest BCUT2D eigenvalue weighted by atomic mass is 10.0. The Morgan fingerprint density at radius 3 is 0.859 bits per heavy atom. The van der Waals surface area contributed by atoms with Gasteiger partial charge in [-0.2, -0.15) is 0 Å². The number of esters is 3. The number of allylic oxidation sites excluding steroid dienone is 20. The lowest BCUT2D eigenvalue weighted by Crippen LogP contribution is -2.30. The summed E-state index contributed by atoms with van der Waals surface area (Å²) in [6.45, 7) is 2.41. The van der Waals surface area contributed by atoms with Crippen LogP contribution in [0, 0.1) is 0 Å². The van der Waals surface area contributed by atoms with Crippen LogP contribution >= 0.6 is 15.6 Å². The first-order valence-electron chi connectivity index (χ1n) is 38.8. The molecule has 5 unspecified atom stereocenters. The molecule has 0 aliphatic rings. The van der Waals surface area contributed by atoms with Crippen LogP contribution in [0.3, 0.4) is 0 Å². The molecule has 0 aliphatic carbocycles. The highest BCUT2D eigenvalue weighted by Crippen LogP contribution is 2.45. The minimum Gasteiger partial charge on any atom is -0.463 e. The van der Waals surface area contributed by atoms with E-state index in [0.29, 0.717) is 19.3 Å². The van der Waals surface area contributed by atoms with E-state index in [2.05, 4.69) is 142 Å². The van der Waals surface area contributed by atoms with Crippen molar-refractivity contribution in [2.24, 2.45) is 0 Å². The first kappa shape index (κ1) is 94.9. The Hall–Kier alpha value is -4.05. The van der Waals surface area contributed by atoms with E-state index < -0.39 is 91.5 Å². The Balaban J connectivity index is 4.34. The molecule has 99 heavy (non-hydrogen) atoms. The van der Waals surface area contributed by atoms with Crippen LogP contribution in [-0.2, 0) is 55.8 Å². The van der Waals surface area contributed by atoms with Gasteiger partial charge < -0.3 is 34.2 Å².